The summed E-state index contributed by atoms with van der Waals surface area (Å²) in [5.41, 5.74) is 0.706. The molecule has 2 rings (SSSR count). The fraction of sp³-hybridized carbons (Fsp3) is 0.571. The Bertz CT molecular complexity index is 441. The van der Waals surface area contributed by atoms with Gasteiger partial charge in [0.25, 0.3) is 0 Å². The van der Waals surface area contributed by atoms with Gasteiger partial charge in [0.1, 0.15) is 5.84 Å². The Morgan fingerprint density at radius 1 is 1.56 bits per heavy atom. The van der Waals surface area contributed by atoms with E-state index < -0.39 is 0 Å². The molecule has 0 fully saturated rings. The first kappa shape index (κ1) is 12.9. The zero-order chi connectivity index (χ0) is 13.3. The van der Waals surface area contributed by atoms with Crippen LogP contribution in [0, 0.1) is 5.41 Å². The molecule has 1 atom stereocenters. The topological polar surface area (TPSA) is 41.9 Å². The monoisotopic (exact) mass is 248 g/mol. The van der Waals surface area contributed by atoms with Gasteiger partial charge in [0.2, 0.25) is 0 Å². The van der Waals surface area contributed by atoms with Crippen LogP contribution >= 0.6 is 0 Å². The number of carbonyl (C=O) groups is 1. The van der Waals surface area contributed by atoms with Crippen molar-refractivity contribution in [1.82, 2.24) is 4.90 Å². The summed E-state index contributed by atoms with van der Waals surface area (Å²) in [4.78, 5) is 18.4. The van der Waals surface area contributed by atoms with E-state index in [4.69, 9.17) is 4.74 Å². The quantitative estimate of drug-likeness (QED) is 0.703. The number of hydrogen-bond donors (Lipinski definition) is 0. The molecule has 0 saturated heterocycles. The Morgan fingerprint density at radius 3 is 2.89 bits per heavy atom. The SMILES string of the molecule is CCOC(=O)C1=CC2=NC(C(C)(C)C)CN2C=C1. The fourth-order valence-corrected chi connectivity index (χ4v) is 1.98. The van der Waals surface area contributed by atoms with Gasteiger partial charge in [-0.1, -0.05) is 20.8 Å². The highest BCUT2D eigenvalue weighted by molar-refractivity contribution is 6.05. The molecule has 0 aromatic rings. The van der Waals surface area contributed by atoms with Crippen LogP contribution in [0.2, 0.25) is 0 Å². The molecule has 0 aromatic carbocycles. The Labute approximate surface area is 108 Å². The zero-order valence-electron chi connectivity index (χ0n) is 11.4. The number of nitrogens with zero attached hydrogens (tertiary/aromatic N) is 2. The Balaban J connectivity index is 2.18. The average molecular weight is 248 g/mol. The lowest BCUT2D eigenvalue weighted by Gasteiger charge is -2.25. The van der Waals surface area contributed by atoms with Crippen LogP contribution in [0.15, 0.2) is 28.9 Å². The number of rotatable bonds is 2. The summed E-state index contributed by atoms with van der Waals surface area (Å²) in [6.45, 7) is 9.62. The van der Waals surface area contributed by atoms with E-state index in [1.807, 2.05) is 12.3 Å². The Morgan fingerprint density at radius 2 is 2.28 bits per heavy atom. The maximum Gasteiger partial charge on any atom is 0.338 e. The predicted molar refractivity (Wildman–Crippen MR) is 71.2 cm³/mol. The molecule has 98 valence electrons. The molecule has 2 aliphatic rings. The van der Waals surface area contributed by atoms with E-state index in [0.29, 0.717) is 12.2 Å². The van der Waals surface area contributed by atoms with Gasteiger partial charge in [0.05, 0.1) is 18.2 Å². The van der Waals surface area contributed by atoms with Crippen molar-refractivity contribution >= 4 is 11.8 Å². The van der Waals surface area contributed by atoms with Crippen LogP contribution in [0.4, 0.5) is 0 Å². The molecule has 0 radical (unpaired) electrons. The van der Waals surface area contributed by atoms with Crippen LogP contribution in [0.1, 0.15) is 27.7 Å². The van der Waals surface area contributed by atoms with E-state index in [0.717, 1.165) is 12.4 Å². The minimum absolute atomic E-state index is 0.135. The van der Waals surface area contributed by atoms with E-state index in [1.54, 1.807) is 13.0 Å². The van der Waals surface area contributed by atoms with Gasteiger partial charge in [-0.2, -0.15) is 0 Å². The molecule has 0 N–H and O–H groups in total. The lowest BCUT2D eigenvalue weighted by atomic mass is 9.87. The first-order valence-corrected chi connectivity index (χ1v) is 6.33. The van der Waals surface area contributed by atoms with E-state index in [-0.39, 0.29) is 17.4 Å². The Kier molecular flexibility index (Phi) is 3.28. The molecular weight excluding hydrogens is 228 g/mol. The molecular formula is C14H20N2O2. The fourth-order valence-electron chi connectivity index (χ4n) is 1.98. The first-order valence-electron chi connectivity index (χ1n) is 6.33. The number of aliphatic imine (C=N–C) groups is 1. The number of amidine groups is 1. The van der Waals surface area contributed by atoms with Gasteiger partial charge >= 0.3 is 5.97 Å². The van der Waals surface area contributed by atoms with Crippen molar-refractivity contribution in [3.05, 3.63) is 23.9 Å². The minimum Gasteiger partial charge on any atom is -0.462 e. The number of ether oxygens (including phenoxy) is 1. The largest absolute Gasteiger partial charge is 0.462 e. The standard InChI is InChI=1S/C14H20N2O2/c1-5-18-13(17)10-6-7-16-9-11(14(2,3)4)15-12(16)8-10/h6-8,11H,5,9H2,1-4H3. The molecule has 0 aromatic heterocycles. The average Bonchev–Trinajstić information content (AvgIpc) is 2.71. The van der Waals surface area contributed by atoms with Gasteiger partial charge in [-0.05, 0) is 24.5 Å². The van der Waals surface area contributed by atoms with Crippen molar-refractivity contribution in [2.75, 3.05) is 13.2 Å². The second-order valence-corrected chi connectivity index (χ2v) is 5.66. The molecule has 0 amide bonds. The summed E-state index contributed by atoms with van der Waals surface area (Å²) in [6, 6.07) is 0.259. The highest BCUT2D eigenvalue weighted by atomic mass is 16.5. The van der Waals surface area contributed by atoms with E-state index in [2.05, 4.69) is 30.7 Å². The van der Waals surface area contributed by atoms with Crippen LogP contribution in [0.3, 0.4) is 0 Å². The maximum atomic E-state index is 11.6. The second kappa shape index (κ2) is 4.59. The molecule has 0 saturated carbocycles. The van der Waals surface area contributed by atoms with Gasteiger partial charge in [-0.3, -0.25) is 4.99 Å². The number of fused-ring (bicyclic) bond motifs is 1. The molecule has 0 spiro atoms. The lowest BCUT2D eigenvalue weighted by molar-refractivity contribution is -0.138. The third kappa shape index (κ3) is 2.47. The van der Waals surface area contributed by atoms with Crippen molar-refractivity contribution in [3.63, 3.8) is 0 Å². The molecule has 1 unspecified atom stereocenters. The third-order valence-corrected chi connectivity index (χ3v) is 3.18. The van der Waals surface area contributed by atoms with Crippen LogP contribution in [-0.4, -0.2) is 35.9 Å². The third-order valence-electron chi connectivity index (χ3n) is 3.18. The lowest BCUT2D eigenvalue weighted by Crippen LogP contribution is -2.31. The van der Waals surface area contributed by atoms with Gasteiger partial charge < -0.3 is 9.64 Å². The van der Waals surface area contributed by atoms with Crippen molar-refractivity contribution in [2.24, 2.45) is 10.4 Å². The van der Waals surface area contributed by atoms with Crippen molar-refractivity contribution in [2.45, 2.75) is 33.7 Å². The summed E-state index contributed by atoms with van der Waals surface area (Å²) in [6.07, 6.45) is 5.52. The number of carbonyl (C=O) groups excluding carboxylic acids is 1. The van der Waals surface area contributed by atoms with Crippen LogP contribution < -0.4 is 0 Å². The molecule has 2 aliphatic heterocycles. The molecule has 18 heavy (non-hydrogen) atoms. The maximum absolute atomic E-state index is 11.6. The second-order valence-electron chi connectivity index (χ2n) is 5.66. The zero-order valence-corrected chi connectivity index (χ0v) is 11.4. The molecule has 4 nitrogen and oxygen atoms in total. The predicted octanol–water partition coefficient (Wildman–Crippen LogP) is 2.13. The summed E-state index contributed by atoms with van der Waals surface area (Å²) in [7, 11) is 0. The minimum atomic E-state index is -0.282. The summed E-state index contributed by atoms with van der Waals surface area (Å²) in [5.74, 6) is 0.579. The number of hydrogen-bond acceptors (Lipinski definition) is 4. The van der Waals surface area contributed by atoms with E-state index in [9.17, 15) is 4.79 Å². The van der Waals surface area contributed by atoms with E-state index in [1.165, 1.54) is 0 Å². The van der Waals surface area contributed by atoms with Gasteiger partial charge in [0, 0.05) is 12.7 Å². The number of esters is 1. The Hall–Kier alpha value is -1.58. The summed E-state index contributed by atoms with van der Waals surface area (Å²) in [5, 5.41) is 0. The van der Waals surface area contributed by atoms with Crippen LogP contribution in [0.5, 0.6) is 0 Å². The van der Waals surface area contributed by atoms with Gasteiger partial charge in [-0.25, -0.2) is 4.79 Å². The van der Waals surface area contributed by atoms with Crippen molar-refractivity contribution in [3.8, 4) is 0 Å². The van der Waals surface area contributed by atoms with Crippen molar-refractivity contribution in [1.29, 1.82) is 0 Å². The van der Waals surface area contributed by atoms with Crippen molar-refractivity contribution < 1.29 is 9.53 Å². The smallest absolute Gasteiger partial charge is 0.338 e. The molecule has 0 aliphatic carbocycles. The highest BCUT2D eigenvalue weighted by Gasteiger charge is 2.33. The highest BCUT2D eigenvalue weighted by Crippen LogP contribution is 2.29. The summed E-state index contributed by atoms with van der Waals surface area (Å²) >= 11 is 0. The van der Waals surface area contributed by atoms with Gasteiger partial charge in [-0.15, -0.1) is 0 Å². The normalized spacial score (nSPS) is 22.4. The van der Waals surface area contributed by atoms with Gasteiger partial charge in [0.15, 0.2) is 0 Å². The molecule has 0 bridgehead atoms. The van der Waals surface area contributed by atoms with E-state index >= 15 is 0 Å². The summed E-state index contributed by atoms with van der Waals surface area (Å²) < 4.78 is 4.99. The van der Waals surface area contributed by atoms with Crippen LogP contribution in [0.25, 0.3) is 0 Å². The first-order chi connectivity index (χ1) is 8.41. The molecule has 2 heterocycles. The van der Waals surface area contributed by atoms with Crippen LogP contribution in [-0.2, 0) is 9.53 Å². The molecule has 4 heteroatoms.